The Hall–Kier alpha value is -1.89. The highest BCUT2D eigenvalue weighted by Crippen LogP contribution is 2.17. The molecule has 0 bridgehead atoms. The minimum atomic E-state index is -0.325. The standard InChI is InChI=1S/C11H15N5O2/c1-7-6-8(4-5-18-7)12-9-2-3-10-13-14-11(17)16(10)15-9/h2-3,7-8H,4-6H2,1H3,(H,12,15)(H,14,17). The van der Waals surface area contributed by atoms with Crippen LogP contribution in [0.5, 0.6) is 0 Å². The van der Waals surface area contributed by atoms with Gasteiger partial charge >= 0.3 is 5.69 Å². The predicted octanol–water partition coefficient (Wildman–Crippen LogP) is 0.397. The van der Waals surface area contributed by atoms with Crippen LogP contribution in [-0.2, 0) is 4.74 Å². The van der Waals surface area contributed by atoms with Gasteiger partial charge in [0.15, 0.2) is 5.65 Å². The van der Waals surface area contributed by atoms with Crippen LogP contribution in [0.1, 0.15) is 19.8 Å². The van der Waals surface area contributed by atoms with E-state index < -0.39 is 0 Å². The molecule has 7 nitrogen and oxygen atoms in total. The number of hydrogen-bond acceptors (Lipinski definition) is 5. The molecule has 1 aliphatic heterocycles. The molecule has 0 aliphatic carbocycles. The number of ether oxygens (including phenoxy) is 1. The molecule has 2 aromatic heterocycles. The van der Waals surface area contributed by atoms with Gasteiger partial charge in [0.05, 0.1) is 6.10 Å². The first kappa shape index (κ1) is 11.2. The van der Waals surface area contributed by atoms with Gasteiger partial charge < -0.3 is 10.1 Å². The lowest BCUT2D eigenvalue weighted by Crippen LogP contribution is -2.33. The molecule has 0 spiro atoms. The van der Waals surface area contributed by atoms with Crippen LogP contribution >= 0.6 is 0 Å². The fraction of sp³-hybridized carbons (Fsp3) is 0.545. The molecule has 3 heterocycles. The average Bonchev–Trinajstić information content (AvgIpc) is 2.71. The summed E-state index contributed by atoms with van der Waals surface area (Å²) in [6.45, 7) is 2.82. The lowest BCUT2D eigenvalue weighted by molar-refractivity contribution is 0.0231. The van der Waals surface area contributed by atoms with E-state index in [-0.39, 0.29) is 11.8 Å². The van der Waals surface area contributed by atoms with Crippen molar-refractivity contribution in [2.24, 2.45) is 0 Å². The third-order valence-electron chi connectivity index (χ3n) is 3.11. The molecule has 0 saturated carbocycles. The Bertz CT molecular complexity index is 605. The molecule has 2 unspecified atom stereocenters. The second-order valence-corrected chi connectivity index (χ2v) is 4.56. The minimum Gasteiger partial charge on any atom is -0.378 e. The summed E-state index contributed by atoms with van der Waals surface area (Å²) in [6.07, 6.45) is 2.15. The summed E-state index contributed by atoms with van der Waals surface area (Å²) in [7, 11) is 0. The number of nitrogens with zero attached hydrogens (tertiary/aromatic N) is 3. The molecule has 18 heavy (non-hydrogen) atoms. The van der Waals surface area contributed by atoms with E-state index in [0.29, 0.717) is 17.5 Å². The molecular weight excluding hydrogens is 234 g/mol. The normalized spacial score (nSPS) is 24.3. The van der Waals surface area contributed by atoms with Crippen LogP contribution in [0.3, 0.4) is 0 Å². The van der Waals surface area contributed by atoms with Crippen molar-refractivity contribution in [2.45, 2.75) is 31.9 Å². The van der Waals surface area contributed by atoms with Crippen molar-refractivity contribution in [3.05, 3.63) is 22.6 Å². The van der Waals surface area contributed by atoms with Crippen molar-refractivity contribution in [1.82, 2.24) is 19.8 Å². The number of fused-ring (bicyclic) bond motifs is 1. The van der Waals surface area contributed by atoms with Crippen molar-refractivity contribution in [3.63, 3.8) is 0 Å². The molecule has 0 amide bonds. The smallest absolute Gasteiger partial charge is 0.364 e. The Labute approximate surface area is 103 Å². The maximum Gasteiger partial charge on any atom is 0.364 e. The number of nitrogens with one attached hydrogen (secondary N) is 2. The van der Waals surface area contributed by atoms with Gasteiger partial charge in [-0.25, -0.2) is 9.89 Å². The molecule has 2 N–H and O–H groups in total. The first-order valence-electron chi connectivity index (χ1n) is 6.05. The minimum absolute atomic E-state index is 0.261. The second-order valence-electron chi connectivity index (χ2n) is 4.56. The van der Waals surface area contributed by atoms with Crippen LogP contribution in [-0.4, -0.2) is 38.6 Å². The second kappa shape index (κ2) is 4.41. The molecule has 7 heteroatoms. The monoisotopic (exact) mass is 249 g/mol. The van der Waals surface area contributed by atoms with Crippen LogP contribution in [0.25, 0.3) is 5.65 Å². The summed E-state index contributed by atoms with van der Waals surface area (Å²) in [5.74, 6) is 0.685. The van der Waals surface area contributed by atoms with Crippen LogP contribution in [0.15, 0.2) is 16.9 Å². The fourth-order valence-corrected chi connectivity index (χ4v) is 2.22. The van der Waals surface area contributed by atoms with Crippen LogP contribution in [0.4, 0.5) is 5.82 Å². The zero-order chi connectivity index (χ0) is 12.5. The van der Waals surface area contributed by atoms with Crippen molar-refractivity contribution in [2.75, 3.05) is 11.9 Å². The predicted molar refractivity (Wildman–Crippen MR) is 65.7 cm³/mol. The molecule has 96 valence electrons. The van der Waals surface area contributed by atoms with Crippen LogP contribution in [0.2, 0.25) is 0 Å². The van der Waals surface area contributed by atoms with Gasteiger partial charge in [-0.3, -0.25) is 0 Å². The SMILES string of the molecule is CC1CC(Nc2ccc3n[nH]c(=O)n3n2)CCO1. The van der Waals surface area contributed by atoms with Crippen molar-refractivity contribution in [3.8, 4) is 0 Å². The summed E-state index contributed by atoms with van der Waals surface area (Å²) >= 11 is 0. The highest BCUT2D eigenvalue weighted by atomic mass is 16.5. The Kier molecular flexibility index (Phi) is 2.75. The lowest BCUT2D eigenvalue weighted by atomic mass is 10.0. The third-order valence-corrected chi connectivity index (χ3v) is 3.11. The number of hydrogen-bond donors (Lipinski definition) is 2. The summed E-state index contributed by atoms with van der Waals surface area (Å²) < 4.78 is 6.75. The van der Waals surface area contributed by atoms with Crippen molar-refractivity contribution >= 4 is 11.5 Å². The Balaban J connectivity index is 1.81. The van der Waals surface area contributed by atoms with E-state index in [2.05, 4.69) is 27.5 Å². The maximum absolute atomic E-state index is 11.4. The van der Waals surface area contributed by atoms with E-state index in [9.17, 15) is 4.79 Å². The maximum atomic E-state index is 11.4. The summed E-state index contributed by atoms with van der Waals surface area (Å²) in [4.78, 5) is 11.4. The molecule has 1 saturated heterocycles. The number of aromatic amines is 1. The highest BCUT2D eigenvalue weighted by Gasteiger charge is 2.19. The van der Waals surface area contributed by atoms with Gasteiger partial charge in [0.2, 0.25) is 0 Å². The molecule has 0 radical (unpaired) electrons. The number of anilines is 1. The van der Waals surface area contributed by atoms with Gasteiger partial charge in [-0.1, -0.05) is 0 Å². The first-order chi connectivity index (χ1) is 8.72. The van der Waals surface area contributed by atoms with Gasteiger partial charge in [0.1, 0.15) is 5.82 Å². The van der Waals surface area contributed by atoms with Gasteiger partial charge in [-0.15, -0.1) is 5.10 Å². The topological polar surface area (TPSA) is 84.3 Å². The number of H-pyrrole nitrogens is 1. The van der Waals surface area contributed by atoms with E-state index in [4.69, 9.17) is 4.74 Å². The van der Waals surface area contributed by atoms with Crippen molar-refractivity contribution in [1.29, 1.82) is 0 Å². The zero-order valence-corrected chi connectivity index (χ0v) is 10.1. The number of aromatic nitrogens is 4. The van der Waals surface area contributed by atoms with Crippen molar-refractivity contribution < 1.29 is 4.74 Å². The quantitative estimate of drug-likeness (QED) is 0.804. The van der Waals surface area contributed by atoms with Gasteiger partial charge in [0.25, 0.3) is 0 Å². The van der Waals surface area contributed by atoms with Crippen LogP contribution in [0, 0.1) is 0 Å². The summed E-state index contributed by atoms with van der Waals surface area (Å²) in [6, 6.07) is 3.92. The van der Waals surface area contributed by atoms with Crippen LogP contribution < -0.4 is 11.0 Å². The van der Waals surface area contributed by atoms with E-state index in [1.54, 1.807) is 6.07 Å². The molecule has 1 fully saturated rings. The molecule has 2 atom stereocenters. The Morgan fingerprint density at radius 1 is 1.56 bits per heavy atom. The van der Waals surface area contributed by atoms with E-state index in [0.717, 1.165) is 19.4 Å². The zero-order valence-electron chi connectivity index (χ0n) is 10.1. The molecular formula is C11H15N5O2. The lowest BCUT2D eigenvalue weighted by Gasteiger charge is -2.28. The molecule has 3 rings (SSSR count). The molecule has 0 aromatic carbocycles. The van der Waals surface area contributed by atoms with Gasteiger partial charge in [0, 0.05) is 12.6 Å². The average molecular weight is 249 g/mol. The largest absolute Gasteiger partial charge is 0.378 e. The van der Waals surface area contributed by atoms with E-state index >= 15 is 0 Å². The Morgan fingerprint density at radius 3 is 3.28 bits per heavy atom. The Morgan fingerprint density at radius 2 is 2.44 bits per heavy atom. The van der Waals surface area contributed by atoms with Gasteiger partial charge in [-0.05, 0) is 31.9 Å². The molecule has 1 aliphatic rings. The number of rotatable bonds is 2. The highest BCUT2D eigenvalue weighted by molar-refractivity contribution is 5.43. The third kappa shape index (κ3) is 2.08. The van der Waals surface area contributed by atoms with E-state index in [1.165, 1.54) is 4.52 Å². The first-order valence-corrected chi connectivity index (χ1v) is 6.05. The summed E-state index contributed by atoms with van der Waals surface area (Å²) in [5, 5.41) is 13.7. The summed E-state index contributed by atoms with van der Waals surface area (Å²) in [5.41, 5.74) is 0.194. The fourth-order valence-electron chi connectivity index (χ4n) is 2.22. The van der Waals surface area contributed by atoms with E-state index in [1.807, 2.05) is 6.07 Å². The van der Waals surface area contributed by atoms with Gasteiger partial charge in [-0.2, -0.15) is 9.61 Å². The molecule has 2 aromatic rings.